The molecule has 0 spiro atoms. The van der Waals surface area contributed by atoms with E-state index in [0.29, 0.717) is 0 Å². The third kappa shape index (κ3) is 5.14. The van der Waals surface area contributed by atoms with Crippen molar-refractivity contribution in [2.45, 2.75) is 11.4 Å². The zero-order valence-electron chi connectivity index (χ0n) is 14.2. The minimum atomic E-state index is -0.0237. The highest BCUT2D eigenvalue weighted by Gasteiger charge is 2.21. The molecule has 2 aromatic carbocycles. The van der Waals surface area contributed by atoms with Crippen LogP contribution >= 0.6 is 23.4 Å². The summed E-state index contributed by atoms with van der Waals surface area (Å²) in [7, 11) is 0. The van der Waals surface area contributed by atoms with E-state index in [4.69, 9.17) is 11.6 Å². The third-order valence-corrected chi connectivity index (χ3v) is 5.28. The van der Waals surface area contributed by atoms with Gasteiger partial charge in [0.15, 0.2) is 0 Å². The topological polar surface area (TPSA) is 35.6 Å². The molecule has 2 amide bonds. The lowest BCUT2D eigenvalue weighted by Crippen LogP contribution is -2.49. The van der Waals surface area contributed by atoms with Crippen LogP contribution in [-0.4, -0.2) is 48.3 Å². The van der Waals surface area contributed by atoms with Gasteiger partial charge in [0.25, 0.3) is 0 Å². The Hall–Kier alpha value is -1.69. The Balaban J connectivity index is 1.49. The number of halogens is 1. The minimum Gasteiger partial charge on any atom is -0.322 e. The second-order valence-electron chi connectivity index (χ2n) is 6.05. The first kappa shape index (κ1) is 18.1. The van der Waals surface area contributed by atoms with Gasteiger partial charge < -0.3 is 10.2 Å². The number of thioether (sulfide) groups is 1. The molecule has 25 heavy (non-hydrogen) atoms. The Morgan fingerprint density at radius 1 is 1.12 bits per heavy atom. The van der Waals surface area contributed by atoms with E-state index in [1.54, 1.807) is 11.8 Å². The van der Waals surface area contributed by atoms with Gasteiger partial charge in [0.1, 0.15) is 0 Å². The molecule has 6 heteroatoms. The number of nitrogens with zero attached hydrogens (tertiary/aromatic N) is 2. The number of carbonyl (C=O) groups excluding carboxylic acids is 1. The maximum Gasteiger partial charge on any atom is 0.321 e. The highest BCUT2D eigenvalue weighted by atomic mass is 35.5. The Bertz CT molecular complexity index is 715. The van der Waals surface area contributed by atoms with Crippen molar-refractivity contribution in [2.24, 2.45) is 0 Å². The van der Waals surface area contributed by atoms with Crippen LogP contribution in [0.15, 0.2) is 53.4 Å². The van der Waals surface area contributed by atoms with Gasteiger partial charge in [-0.3, -0.25) is 4.90 Å². The fourth-order valence-electron chi connectivity index (χ4n) is 2.86. The van der Waals surface area contributed by atoms with Gasteiger partial charge in [-0.15, -0.1) is 11.8 Å². The molecule has 132 valence electrons. The lowest BCUT2D eigenvalue weighted by molar-refractivity contribution is 0.143. The van der Waals surface area contributed by atoms with Crippen molar-refractivity contribution < 1.29 is 4.79 Å². The molecule has 1 aliphatic rings. The number of carbonyl (C=O) groups is 1. The Morgan fingerprint density at radius 2 is 1.84 bits per heavy atom. The second kappa shape index (κ2) is 8.61. The minimum absolute atomic E-state index is 0.0237. The molecule has 4 nitrogen and oxygen atoms in total. The zero-order chi connectivity index (χ0) is 17.6. The van der Waals surface area contributed by atoms with Crippen LogP contribution in [0.5, 0.6) is 0 Å². The number of hydrogen-bond acceptors (Lipinski definition) is 3. The Kier molecular flexibility index (Phi) is 6.24. The van der Waals surface area contributed by atoms with Gasteiger partial charge in [0.05, 0.1) is 0 Å². The predicted molar refractivity (Wildman–Crippen MR) is 106 cm³/mol. The number of anilines is 1. The molecule has 1 aliphatic heterocycles. The van der Waals surface area contributed by atoms with Crippen LogP contribution in [0.2, 0.25) is 5.02 Å². The van der Waals surface area contributed by atoms with Gasteiger partial charge in [-0.2, -0.15) is 0 Å². The molecular weight excluding hydrogens is 354 g/mol. The van der Waals surface area contributed by atoms with Gasteiger partial charge in [-0.1, -0.05) is 29.8 Å². The van der Waals surface area contributed by atoms with Crippen molar-refractivity contribution in [3.63, 3.8) is 0 Å². The summed E-state index contributed by atoms with van der Waals surface area (Å²) in [6.07, 6.45) is 2.03. The van der Waals surface area contributed by atoms with Crippen LogP contribution in [0.4, 0.5) is 10.5 Å². The van der Waals surface area contributed by atoms with E-state index in [1.807, 2.05) is 47.6 Å². The first-order chi connectivity index (χ1) is 12.1. The fourth-order valence-corrected chi connectivity index (χ4v) is 3.45. The summed E-state index contributed by atoms with van der Waals surface area (Å²) in [5.74, 6) is 0. The van der Waals surface area contributed by atoms with Crippen molar-refractivity contribution in [3.05, 3.63) is 59.1 Å². The summed E-state index contributed by atoms with van der Waals surface area (Å²) < 4.78 is 0. The average molecular weight is 376 g/mol. The normalized spacial score (nSPS) is 15.2. The van der Waals surface area contributed by atoms with E-state index in [0.717, 1.165) is 48.3 Å². The molecule has 0 atom stereocenters. The molecule has 0 radical (unpaired) electrons. The van der Waals surface area contributed by atoms with Crippen molar-refractivity contribution in [1.29, 1.82) is 0 Å². The summed E-state index contributed by atoms with van der Waals surface area (Å²) in [5, 5.41) is 3.76. The number of urea groups is 1. The molecule has 1 saturated heterocycles. The van der Waals surface area contributed by atoms with E-state index >= 15 is 0 Å². The summed E-state index contributed by atoms with van der Waals surface area (Å²) in [4.78, 5) is 17.8. The Morgan fingerprint density at radius 3 is 2.52 bits per heavy atom. The van der Waals surface area contributed by atoms with Crippen molar-refractivity contribution >= 4 is 35.1 Å². The van der Waals surface area contributed by atoms with Gasteiger partial charge >= 0.3 is 6.03 Å². The molecule has 0 aromatic heterocycles. The van der Waals surface area contributed by atoms with Crippen molar-refractivity contribution in [2.75, 3.05) is 37.8 Å². The number of benzene rings is 2. The Labute approximate surface area is 158 Å². The van der Waals surface area contributed by atoms with Crippen LogP contribution in [0.1, 0.15) is 5.56 Å². The number of nitrogens with one attached hydrogen (secondary N) is 1. The van der Waals surface area contributed by atoms with Crippen LogP contribution in [0.3, 0.4) is 0 Å². The van der Waals surface area contributed by atoms with Gasteiger partial charge in [0, 0.05) is 48.3 Å². The lowest BCUT2D eigenvalue weighted by atomic mass is 10.2. The molecule has 0 unspecified atom stereocenters. The number of amides is 2. The highest BCUT2D eigenvalue weighted by Crippen LogP contribution is 2.19. The largest absolute Gasteiger partial charge is 0.322 e. The van der Waals surface area contributed by atoms with Gasteiger partial charge in [-0.05, 0) is 42.2 Å². The van der Waals surface area contributed by atoms with Crippen molar-refractivity contribution in [1.82, 2.24) is 9.80 Å². The maximum atomic E-state index is 12.4. The quantitative estimate of drug-likeness (QED) is 0.804. The van der Waals surface area contributed by atoms with Crippen LogP contribution in [-0.2, 0) is 6.54 Å². The van der Waals surface area contributed by atoms with E-state index < -0.39 is 0 Å². The summed E-state index contributed by atoms with van der Waals surface area (Å²) in [6.45, 7) is 4.12. The van der Waals surface area contributed by atoms with Crippen LogP contribution in [0, 0.1) is 0 Å². The molecule has 0 aliphatic carbocycles. The van der Waals surface area contributed by atoms with Crippen molar-refractivity contribution in [3.8, 4) is 0 Å². The standard InChI is InChI=1S/C19H22ClN3OS/c1-25-18-4-2-3-17(13-18)21-19(24)23-11-9-22(10-12-23)14-15-5-7-16(20)8-6-15/h2-8,13H,9-12,14H2,1H3,(H,21,24). The second-order valence-corrected chi connectivity index (χ2v) is 7.37. The summed E-state index contributed by atoms with van der Waals surface area (Å²) >= 11 is 7.60. The third-order valence-electron chi connectivity index (χ3n) is 4.30. The predicted octanol–water partition coefficient (Wildman–Crippen LogP) is 4.41. The lowest BCUT2D eigenvalue weighted by Gasteiger charge is -2.34. The molecule has 0 saturated carbocycles. The molecule has 1 N–H and O–H groups in total. The van der Waals surface area contributed by atoms with E-state index in [1.165, 1.54) is 5.56 Å². The first-order valence-electron chi connectivity index (χ1n) is 8.31. The highest BCUT2D eigenvalue weighted by molar-refractivity contribution is 7.98. The smallest absolute Gasteiger partial charge is 0.321 e. The first-order valence-corrected chi connectivity index (χ1v) is 9.91. The molecule has 1 fully saturated rings. The summed E-state index contributed by atoms with van der Waals surface area (Å²) in [6, 6.07) is 15.9. The van der Waals surface area contributed by atoms with E-state index in [9.17, 15) is 4.79 Å². The van der Waals surface area contributed by atoms with Gasteiger partial charge in [-0.25, -0.2) is 4.79 Å². The molecule has 1 heterocycles. The number of piperazine rings is 1. The van der Waals surface area contributed by atoms with Crippen LogP contribution < -0.4 is 5.32 Å². The fraction of sp³-hybridized carbons (Fsp3) is 0.316. The monoisotopic (exact) mass is 375 g/mol. The van der Waals surface area contributed by atoms with E-state index in [2.05, 4.69) is 22.3 Å². The maximum absolute atomic E-state index is 12.4. The van der Waals surface area contributed by atoms with Crippen LogP contribution in [0.25, 0.3) is 0 Å². The SMILES string of the molecule is CSc1cccc(NC(=O)N2CCN(Cc3ccc(Cl)cc3)CC2)c1. The average Bonchev–Trinajstić information content (AvgIpc) is 2.64. The molecule has 3 rings (SSSR count). The molecule has 0 bridgehead atoms. The van der Waals surface area contributed by atoms with Gasteiger partial charge in [0.2, 0.25) is 0 Å². The zero-order valence-corrected chi connectivity index (χ0v) is 15.8. The number of hydrogen-bond donors (Lipinski definition) is 1. The molecular formula is C19H22ClN3OS. The summed E-state index contributed by atoms with van der Waals surface area (Å²) in [5.41, 5.74) is 2.09. The molecule has 2 aromatic rings. The van der Waals surface area contributed by atoms with E-state index in [-0.39, 0.29) is 6.03 Å². The number of rotatable bonds is 4.